The van der Waals surface area contributed by atoms with Crippen molar-refractivity contribution >= 4 is 17.9 Å². The van der Waals surface area contributed by atoms with Crippen LogP contribution in [-0.4, -0.2) is 26.3 Å². The molecule has 1 aliphatic carbocycles. The number of hydrogen-bond acceptors (Lipinski definition) is 3. The number of hydrogen-bond donors (Lipinski definition) is 0. The van der Waals surface area contributed by atoms with Crippen molar-refractivity contribution in [3.05, 3.63) is 34.9 Å². The molecule has 1 fully saturated rings. The molecular weight excluding hydrogens is 240 g/mol. The first-order valence-electron chi connectivity index (χ1n) is 5.42. The molecule has 2 rings (SSSR count). The van der Waals surface area contributed by atoms with E-state index in [-0.39, 0.29) is 0 Å². The zero-order chi connectivity index (χ0) is 12.5. The lowest BCUT2D eigenvalue weighted by atomic mass is 9.61. The summed E-state index contributed by atoms with van der Waals surface area (Å²) in [6.45, 7) is 0. The third kappa shape index (κ3) is 1.99. The minimum absolute atomic E-state index is 0.503. The Morgan fingerprint density at radius 1 is 1.18 bits per heavy atom. The molecule has 1 aromatic carbocycles. The number of halogens is 1. The van der Waals surface area contributed by atoms with Crippen LogP contribution >= 0.6 is 11.6 Å². The summed E-state index contributed by atoms with van der Waals surface area (Å²) < 4.78 is 10.6. The van der Waals surface area contributed by atoms with Gasteiger partial charge in [-0.15, -0.1) is 0 Å². The third-order valence-electron chi connectivity index (χ3n) is 3.56. The first-order valence-corrected chi connectivity index (χ1v) is 5.80. The second-order valence-corrected chi connectivity index (χ2v) is 4.89. The number of ether oxygens (including phenoxy) is 2. The van der Waals surface area contributed by atoms with Crippen LogP contribution in [0.4, 0.5) is 0 Å². The summed E-state index contributed by atoms with van der Waals surface area (Å²) in [5.74, 6) is -0.624. The zero-order valence-electron chi connectivity index (χ0n) is 9.90. The van der Waals surface area contributed by atoms with Crippen LogP contribution in [0, 0.1) is 0 Å². The molecule has 0 bridgehead atoms. The molecule has 0 saturated heterocycles. The van der Waals surface area contributed by atoms with Crippen molar-refractivity contribution in [2.45, 2.75) is 24.0 Å². The van der Waals surface area contributed by atoms with Crippen molar-refractivity contribution in [1.29, 1.82) is 0 Å². The highest BCUT2D eigenvalue weighted by Gasteiger charge is 2.56. The van der Waals surface area contributed by atoms with Crippen molar-refractivity contribution in [3.8, 4) is 0 Å². The molecule has 1 saturated carbocycles. The van der Waals surface area contributed by atoms with Gasteiger partial charge in [0, 0.05) is 32.1 Å². The van der Waals surface area contributed by atoms with Gasteiger partial charge in [-0.3, -0.25) is 0 Å². The second-order valence-electron chi connectivity index (χ2n) is 4.45. The van der Waals surface area contributed by atoms with Crippen molar-refractivity contribution in [1.82, 2.24) is 0 Å². The number of carbonyl (C=O) groups is 1. The minimum atomic E-state index is -0.624. The quantitative estimate of drug-likeness (QED) is 0.612. The van der Waals surface area contributed by atoms with Gasteiger partial charge in [-0.25, -0.2) is 0 Å². The van der Waals surface area contributed by atoms with E-state index in [9.17, 15) is 4.79 Å². The predicted molar refractivity (Wildman–Crippen MR) is 65.2 cm³/mol. The summed E-state index contributed by atoms with van der Waals surface area (Å²) in [6, 6.07) is 7.35. The highest BCUT2D eigenvalue weighted by molar-refractivity contribution is 6.30. The van der Waals surface area contributed by atoms with Crippen LogP contribution in [0.5, 0.6) is 0 Å². The number of aldehydes is 1. The lowest BCUT2D eigenvalue weighted by Gasteiger charge is -2.51. The third-order valence-corrected chi connectivity index (χ3v) is 3.81. The molecule has 1 aromatic rings. The van der Waals surface area contributed by atoms with Gasteiger partial charge in [-0.1, -0.05) is 23.7 Å². The highest BCUT2D eigenvalue weighted by Crippen LogP contribution is 2.51. The molecule has 1 aliphatic rings. The van der Waals surface area contributed by atoms with E-state index in [1.54, 1.807) is 26.4 Å². The summed E-state index contributed by atoms with van der Waals surface area (Å²) in [7, 11) is 3.19. The molecule has 0 aliphatic heterocycles. The SMILES string of the molecule is COC1(OC)CC(C=O)(c2ccc(Cl)cc2)C1. The van der Waals surface area contributed by atoms with Crippen LogP contribution in [0.1, 0.15) is 18.4 Å². The van der Waals surface area contributed by atoms with Crippen molar-refractivity contribution in [3.63, 3.8) is 0 Å². The molecule has 4 heteroatoms. The maximum Gasteiger partial charge on any atom is 0.170 e. The fraction of sp³-hybridized carbons (Fsp3) is 0.462. The summed E-state index contributed by atoms with van der Waals surface area (Å²) >= 11 is 5.84. The fourth-order valence-electron chi connectivity index (χ4n) is 2.42. The Hall–Kier alpha value is -0.900. The topological polar surface area (TPSA) is 35.5 Å². The Labute approximate surface area is 106 Å². The van der Waals surface area contributed by atoms with Crippen molar-refractivity contribution < 1.29 is 14.3 Å². The van der Waals surface area contributed by atoms with Gasteiger partial charge in [0.05, 0.1) is 5.41 Å². The lowest BCUT2D eigenvalue weighted by molar-refractivity contribution is -0.272. The van der Waals surface area contributed by atoms with Gasteiger partial charge in [0.15, 0.2) is 5.79 Å². The second kappa shape index (κ2) is 4.41. The van der Waals surface area contributed by atoms with Crippen LogP contribution in [0.25, 0.3) is 0 Å². The van der Waals surface area contributed by atoms with E-state index in [1.165, 1.54) is 0 Å². The monoisotopic (exact) mass is 254 g/mol. The van der Waals surface area contributed by atoms with E-state index >= 15 is 0 Å². The number of methoxy groups -OCH3 is 2. The average molecular weight is 255 g/mol. The van der Waals surface area contributed by atoms with E-state index in [1.807, 2.05) is 12.1 Å². The Kier molecular flexibility index (Phi) is 3.25. The summed E-state index contributed by atoms with van der Waals surface area (Å²) in [5, 5.41) is 0.666. The molecule has 0 radical (unpaired) electrons. The van der Waals surface area contributed by atoms with Gasteiger partial charge in [-0.05, 0) is 17.7 Å². The smallest absolute Gasteiger partial charge is 0.170 e. The Balaban J connectivity index is 2.25. The van der Waals surface area contributed by atoms with E-state index in [4.69, 9.17) is 21.1 Å². The molecule has 0 spiro atoms. The lowest BCUT2D eigenvalue weighted by Crippen LogP contribution is -2.57. The Morgan fingerprint density at radius 2 is 1.71 bits per heavy atom. The van der Waals surface area contributed by atoms with Gasteiger partial charge in [0.25, 0.3) is 0 Å². The molecule has 0 heterocycles. The van der Waals surface area contributed by atoms with Crippen LogP contribution in [0.2, 0.25) is 5.02 Å². The van der Waals surface area contributed by atoms with Gasteiger partial charge >= 0.3 is 0 Å². The standard InChI is InChI=1S/C13H15ClO3/c1-16-13(17-2)7-12(8-13,9-15)10-3-5-11(14)6-4-10/h3-6,9H,7-8H2,1-2H3. The summed E-state index contributed by atoms with van der Waals surface area (Å²) in [6.07, 6.45) is 2.06. The van der Waals surface area contributed by atoms with E-state index in [0.717, 1.165) is 11.8 Å². The molecule has 92 valence electrons. The normalized spacial score (nSPS) is 20.6. The molecule has 0 aromatic heterocycles. The van der Waals surface area contributed by atoms with Crippen LogP contribution in [0.15, 0.2) is 24.3 Å². The average Bonchev–Trinajstić information content (AvgIpc) is 2.32. The number of benzene rings is 1. The van der Waals surface area contributed by atoms with Gasteiger partial charge in [0.2, 0.25) is 0 Å². The van der Waals surface area contributed by atoms with Crippen molar-refractivity contribution in [2.24, 2.45) is 0 Å². The maximum atomic E-state index is 11.4. The molecule has 0 N–H and O–H groups in total. The Morgan fingerprint density at radius 3 is 2.12 bits per heavy atom. The minimum Gasteiger partial charge on any atom is -0.353 e. The van der Waals surface area contributed by atoms with E-state index < -0.39 is 11.2 Å². The van der Waals surface area contributed by atoms with Gasteiger partial charge in [0.1, 0.15) is 6.29 Å². The Bertz CT molecular complexity index is 401. The number of carbonyl (C=O) groups excluding carboxylic acids is 1. The van der Waals surface area contributed by atoms with Gasteiger partial charge in [-0.2, -0.15) is 0 Å². The predicted octanol–water partition coefficient (Wildman–Crippen LogP) is 2.56. The summed E-state index contributed by atoms with van der Waals surface area (Å²) in [4.78, 5) is 11.4. The van der Waals surface area contributed by atoms with Gasteiger partial charge < -0.3 is 14.3 Å². The molecule has 0 unspecified atom stereocenters. The molecular formula is C13H15ClO3. The fourth-order valence-corrected chi connectivity index (χ4v) is 2.54. The molecule has 17 heavy (non-hydrogen) atoms. The molecule has 3 nitrogen and oxygen atoms in total. The van der Waals surface area contributed by atoms with Crippen LogP contribution in [-0.2, 0) is 19.7 Å². The first-order chi connectivity index (χ1) is 8.10. The van der Waals surface area contributed by atoms with E-state index in [2.05, 4.69) is 0 Å². The maximum absolute atomic E-state index is 11.4. The number of rotatable bonds is 4. The molecule has 0 amide bonds. The zero-order valence-corrected chi connectivity index (χ0v) is 10.7. The molecule has 0 atom stereocenters. The largest absolute Gasteiger partial charge is 0.353 e. The van der Waals surface area contributed by atoms with Crippen LogP contribution < -0.4 is 0 Å². The highest BCUT2D eigenvalue weighted by atomic mass is 35.5. The van der Waals surface area contributed by atoms with Crippen LogP contribution in [0.3, 0.4) is 0 Å². The van der Waals surface area contributed by atoms with E-state index in [0.29, 0.717) is 17.9 Å². The first kappa shape index (κ1) is 12.6. The van der Waals surface area contributed by atoms with Crippen molar-refractivity contribution in [2.75, 3.05) is 14.2 Å². The summed E-state index contributed by atoms with van der Waals surface area (Å²) in [5.41, 5.74) is 0.456.